The number of aliphatic hydroxyl groups is 1. The van der Waals surface area contributed by atoms with Crippen LogP contribution in [0.2, 0.25) is 5.02 Å². The fourth-order valence-corrected chi connectivity index (χ4v) is 2.87. The molecule has 2 N–H and O–H groups in total. The quantitative estimate of drug-likeness (QED) is 0.725. The average Bonchev–Trinajstić information content (AvgIpc) is 3.16. The molecule has 2 rings (SSSR count). The number of aliphatic hydroxyl groups excluding tert-OH is 1. The van der Waals surface area contributed by atoms with Gasteiger partial charge in [-0.05, 0) is 31.1 Å². The Morgan fingerprint density at radius 2 is 2.32 bits per heavy atom. The minimum atomic E-state index is -0.0541. The molecule has 1 fully saturated rings. The summed E-state index contributed by atoms with van der Waals surface area (Å²) in [5.74, 6) is 1.74. The lowest BCUT2D eigenvalue weighted by molar-refractivity contribution is 0.0946. The van der Waals surface area contributed by atoms with Crippen molar-refractivity contribution in [3.8, 4) is 0 Å². The molecule has 0 aromatic carbocycles. The number of aromatic nitrogens is 1. The van der Waals surface area contributed by atoms with Gasteiger partial charge in [-0.1, -0.05) is 11.6 Å². The standard InChI is InChI=1S/C13H19ClN2O2S/c14-10-8-12(16(9-10)11-2-3-11)13(18)15-4-7-19-6-1-5-17/h8-9,11,17H,1-7H2,(H,15,18). The Labute approximate surface area is 122 Å². The summed E-state index contributed by atoms with van der Waals surface area (Å²) in [5.41, 5.74) is 0.660. The number of hydrogen-bond acceptors (Lipinski definition) is 3. The maximum absolute atomic E-state index is 12.1. The summed E-state index contributed by atoms with van der Waals surface area (Å²) in [7, 11) is 0. The van der Waals surface area contributed by atoms with Crippen LogP contribution in [-0.2, 0) is 0 Å². The smallest absolute Gasteiger partial charge is 0.267 e. The minimum absolute atomic E-state index is 0.0541. The van der Waals surface area contributed by atoms with Gasteiger partial charge in [0.25, 0.3) is 5.91 Å². The highest BCUT2D eigenvalue weighted by Crippen LogP contribution is 2.37. The maximum Gasteiger partial charge on any atom is 0.267 e. The van der Waals surface area contributed by atoms with E-state index in [4.69, 9.17) is 16.7 Å². The van der Waals surface area contributed by atoms with E-state index in [0.717, 1.165) is 30.8 Å². The third-order valence-electron chi connectivity index (χ3n) is 2.97. The maximum atomic E-state index is 12.1. The topological polar surface area (TPSA) is 54.3 Å². The Kier molecular flexibility index (Phi) is 5.60. The van der Waals surface area contributed by atoms with Gasteiger partial charge in [0.2, 0.25) is 0 Å². The van der Waals surface area contributed by atoms with E-state index in [2.05, 4.69) is 5.32 Å². The van der Waals surface area contributed by atoms with Crippen molar-refractivity contribution in [1.29, 1.82) is 0 Å². The molecule has 0 bridgehead atoms. The monoisotopic (exact) mass is 302 g/mol. The van der Waals surface area contributed by atoms with Gasteiger partial charge < -0.3 is 15.0 Å². The lowest BCUT2D eigenvalue weighted by Crippen LogP contribution is -2.27. The molecule has 0 radical (unpaired) electrons. The summed E-state index contributed by atoms with van der Waals surface area (Å²) in [6.07, 6.45) is 4.90. The number of hydrogen-bond donors (Lipinski definition) is 2. The summed E-state index contributed by atoms with van der Waals surface area (Å²) in [6, 6.07) is 2.18. The highest BCUT2D eigenvalue weighted by molar-refractivity contribution is 7.99. The summed E-state index contributed by atoms with van der Waals surface area (Å²) in [4.78, 5) is 12.1. The van der Waals surface area contributed by atoms with Gasteiger partial charge in [-0.15, -0.1) is 0 Å². The molecule has 106 valence electrons. The fourth-order valence-electron chi connectivity index (χ4n) is 1.88. The van der Waals surface area contributed by atoms with E-state index < -0.39 is 0 Å². The molecule has 0 atom stereocenters. The van der Waals surface area contributed by atoms with Crippen LogP contribution in [0.3, 0.4) is 0 Å². The first-order valence-corrected chi connectivity index (χ1v) is 8.10. The van der Waals surface area contributed by atoms with Crippen molar-refractivity contribution in [3.05, 3.63) is 23.0 Å². The van der Waals surface area contributed by atoms with E-state index in [0.29, 0.717) is 23.3 Å². The van der Waals surface area contributed by atoms with Gasteiger partial charge in [0.15, 0.2) is 0 Å². The third-order valence-corrected chi connectivity index (χ3v) is 4.24. The molecule has 1 aromatic heterocycles. The summed E-state index contributed by atoms with van der Waals surface area (Å²) >= 11 is 7.71. The van der Waals surface area contributed by atoms with Crippen molar-refractivity contribution in [2.75, 3.05) is 24.7 Å². The molecule has 0 spiro atoms. The van der Waals surface area contributed by atoms with Crippen molar-refractivity contribution in [2.45, 2.75) is 25.3 Å². The molecule has 1 heterocycles. The van der Waals surface area contributed by atoms with Crippen LogP contribution >= 0.6 is 23.4 Å². The first-order valence-electron chi connectivity index (χ1n) is 6.56. The van der Waals surface area contributed by atoms with Crippen LogP contribution in [-0.4, -0.2) is 40.2 Å². The number of thioether (sulfide) groups is 1. The summed E-state index contributed by atoms with van der Waals surface area (Å²) in [6.45, 7) is 0.870. The van der Waals surface area contributed by atoms with E-state index >= 15 is 0 Å². The largest absolute Gasteiger partial charge is 0.396 e. The van der Waals surface area contributed by atoms with E-state index in [-0.39, 0.29) is 12.5 Å². The summed E-state index contributed by atoms with van der Waals surface area (Å²) in [5, 5.41) is 12.2. The van der Waals surface area contributed by atoms with Crippen molar-refractivity contribution < 1.29 is 9.90 Å². The van der Waals surface area contributed by atoms with Gasteiger partial charge in [0, 0.05) is 31.1 Å². The third kappa shape index (κ3) is 4.44. The van der Waals surface area contributed by atoms with Gasteiger partial charge in [0.1, 0.15) is 5.69 Å². The first kappa shape index (κ1) is 14.8. The lowest BCUT2D eigenvalue weighted by Gasteiger charge is -2.08. The van der Waals surface area contributed by atoms with E-state index in [1.165, 1.54) is 0 Å². The number of halogens is 1. The second-order valence-corrected chi connectivity index (χ2v) is 6.29. The second kappa shape index (κ2) is 7.22. The SMILES string of the molecule is O=C(NCCSCCCO)c1cc(Cl)cn1C1CC1. The highest BCUT2D eigenvalue weighted by Gasteiger charge is 2.27. The molecule has 4 nitrogen and oxygen atoms in total. The molecule has 1 aliphatic carbocycles. The molecule has 19 heavy (non-hydrogen) atoms. The fraction of sp³-hybridized carbons (Fsp3) is 0.615. The molecule has 0 unspecified atom stereocenters. The minimum Gasteiger partial charge on any atom is -0.396 e. The number of carbonyl (C=O) groups excluding carboxylic acids is 1. The number of rotatable bonds is 8. The normalized spacial score (nSPS) is 14.6. The van der Waals surface area contributed by atoms with Crippen molar-refractivity contribution in [3.63, 3.8) is 0 Å². The summed E-state index contributed by atoms with van der Waals surface area (Å²) < 4.78 is 1.98. The lowest BCUT2D eigenvalue weighted by atomic mass is 10.4. The number of amides is 1. The van der Waals surface area contributed by atoms with Gasteiger partial charge in [-0.3, -0.25) is 4.79 Å². The van der Waals surface area contributed by atoms with Crippen LogP contribution in [0.5, 0.6) is 0 Å². The van der Waals surface area contributed by atoms with E-state index in [1.54, 1.807) is 17.8 Å². The Hall–Kier alpha value is -0.650. The zero-order valence-electron chi connectivity index (χ0n) is 10.8. The van der Waals surface area contributed by atoms with Crippen LogP contribution in [0.4, 0.5) is 0 Å². The number of carbonyl (C=O) groups is 1. The average molecular weight is 303 g/mol. The van der Waals surface area contributed by atoms with Crippen LogP contribution in [0, 0.1) is 0 Å². The van der Waals surface area contributed by atoms with Crippen LogP contribution in [0.15, 0.2) is 12.3 Å². The van der Waals surface area contributed by atoms with E-state index in [9.17, 15) is 4.79 Å². The van der Waals surface area contributed by atoms with Crippen LogP contribution < -0.4 is 5.32 Å². The zero-order chi connectivity index (χ0) is 13.7. The van der Waals surface area contributed by atoms with Gasteiger partial charge in [-0.25, -0.2) is 0 Å². The van der Waals surface area contributed by atoms with E-state index in [1.807, 2.05) is 10.8 Å². The van der Waals surface area contributed by atoms with Crippen molar-refractivity contribution >= 4 is 29.3 Å². The first-order chi connectivity index (χ1) is 9.22. The molecule has 1 amide bonds. The van der Waals surface area contributed by atoms with Gasteiger partial charge in [-0.2, -0.15) is 11.8 Å². The molecule has 0 aliphatic heterocycles. The number of nitrogens with one attached hydrogen (secondary N) is 1. The highest BCUT2D eigenvalue weighted by atomic mass is 35.5. The molecular weight excluding hydrogens is 284 g/mol. The van der Waals surface area contributed by atoms with Crippen molar-refractivity contribution in [1.82, 2.24) is 9.88 Å². The predicted octanol–water partition coefficient (Wildman–Crippen LogP) is 2.32. The Balaban J connectivity index is 1.76. The van der Waals surface area contributed by atoms with Crippen LogP contribution in [0.25, 0.3) is 0 Å². The molecule has 1 aromatic rings. The predicted molar refractivity (Wildman–Crippen MR) is 79.1 cm³/mol. The van der Waals surface area contributed by atoms with Crippen molar-refractivity contribution in [2.24, 2.45) is 0 Å². The molecular formula is C13H19ClN2O2S. The molecule has 6 heteroatoms. The van der Waals surface area contributed by atoms with Gasteiger partial charge in [0.05, 0.1) is 5.02 Å². The number of nitrogens with zero attached hydrogens (tertiary/aromatic N) is 1. The van der Waals surface area contributed by atoms with Crippen LogP contribution in [0.1, 0.15) is 35.8 Å². The Morgan fingerprint density at radius 1 is 1.53 bits per heavy atom. The molecule has 1 saturated carbocycles. The second-order valence-electron chi connectivity index (χ2n) is 4.63. The molecule has 0 saturated heterocycles. The Bertz CT molecular complexity index is 432. The zero-order valence-corrected chi connectivity index (χ0v) is 12.3. The Morgan fingerprint density at radius 3 is 3.00 bits per heavy atom. The van der Waals surface area contributed by atoms with Gasteiger partial charge >= 0.3 is 0 Å². The molecule has 1 aliphatic rings.